The molecule has 160 valence electrons. The van der Waals surface area contributed by atoms with Crippen LogP contribution in [-0.4, -0.2) is 79.5 Å². The van der Waals surface area contributed by atoms with Gasteiger partial charge in [-0.1, -0.05) is 24.3 Å². The Morgan fingerprint density at radius 3 is 2.86 bits per heavy atom. The van der Waals surface area contributed by atoms with Crippen LogP contribution in [-0.2, 0) is 20.7 Å². The third-order valence-corrected chi connectivity index (χ3v) is 6.45. The van der Waals surface area contributed by atoms with Crippen molar-refractivity contribution in [3.05, 3.63) is 35.4 Å². The molecule has 2 fully saturated rings. The second kappa shape index (κ2) is 10.0. The highest BCUT2D eigenvalue weighted by molar-refractivity contribution is 5.79. The number of ether oxygens (including phenoxy) is 2. The van der Waals surface area contributed by atoms with Gasteiger partial charge in [0, 0.05) is 26.2 Å². The molecule has 6 heteroatoms. The van der Waals surface area contributed by atoms with Crippen molar-refractivity contribution in [2.45, 2.75) is 44.3 Å². The minimum absolute atomic E-state index is 0.0418. The van der Waals surface area contributed by atoms with Crippen molar-refractivity contribution in [2.75, 3.05) is 52.5 Å². The van der Waals surface area contributed by atoms with E-state index in [0.717, 1.165) is 45.2 Å². The molecule has 0 radical (unpaired) electrons. The fraction of sp³-hybridized carbons (Fsp3) is 0.696. The van der Waals surface area contributed by atoms with E-state index >= 15 is 0 Å². The maximum absolute atomic E-state index is 12.8. The van der Waals surface area contributed by atoms with Crippen molar-refractivity contribution in [3.63, 3.8) is 0 Å². The number of hydrogen-bond acceptors (Lipinski definition) is 5. The molecular weight excluding hydrogens is 368 g/mol. The van der Waals surface area contributed by atoms with Gasteiger partial charge in [-0.05, 0) is 49.8 Å². The summed E-state index contributed by atoms with van der Waals surface area (Å²) in [6.07, 6.45) is 4.78. The number of aliphatic hydroxyl groups is 1. The minimum Gasteiger partial charge on any atom is -0.389 e. The molecule has 29 heavy (non-hydrogen) atoms. The number of aryl methyl sites for hydroxylation is 1. The van der Waals surface area contributed by atoms with E-state index in [1.54, 1.807) is 0 Å². The molecule has 3 unspecified atom stereocenters. The van der Waals surface area contributed by atoms with Crippen LogP contribution in [0.1, 0.15) is 42.9 Å². The molecule has 1 amide bonds. The maximum Gasteiger partial charge on any atom is 0.227 e. The SMILES string of the molecule is O=C(C1CCCN(CC(O)COC2CCCc3ccccc32)C1)N1CCOCC1. The van der Waals surface area contributed by atoms with E-state index in [1.807, 2.05) is 4.90 Å². The molecule has 2 heterocycles. The molecular formula is C23H34N2O4. The van der Waals surface area contributed by atoms with Crippen LogP contribution >= 0.6 is 0 Å². The molecule has 2 saturated heterocycles. The highest BCUT2D eigenvalue weighted by atomic mass is 16.5. The van der Waals surface area contributed by atoms with Crippen LogP contribution in [0.4, 0.5) is 0 Å². The van der Waals surface area contributed by atoms with Crippen LogP contribution in [0.5, 0.6) is 0 Å². The third-order valence-electron chi connectivity index (χ3n) is 6.45. The van der Waals surface area contributed by atoms with Crippen molar-refractivity contribution in [2.24, 2.45) is 5.92 Å². The van der Waals surface area contributed by atoms with E-state index in [-0.39, 0.29) is 17.9 Å². The van der Waals surface area contributed by atoms with Crippen LogP contribution < -0.4 is 0 Å². The summed E-state index contributed by atoms with van der Waals surface area (Å²) in [5.74, 6) is 0.294. The van der Waals surface area contributed by atoms with Gasteiger partial charge in [0.1, 0.15) is 0 Å². The number of nitrogens with zero attached hydrogens (tertiary/aromatic N) is 2. The predicted octanol–water partition coefficient (Wildman–Crippen LogP) is 2.01. The van der Waals surface area contributed by atoms with Gasteiger partial charge in [0.25, 0.3) is 0 Å². The van der Waals surface area contributed by atoms with E-state index in [2.05, 4.69) is 29.2 Å². The summed E-state index contributed by atoms with van der Waals surface area (Å²) < 4.78 is 11.5. The lowest BCUT2D eigenvalue weighted by Gasteiger charge is -2.37. The molecule has 4 rings (SSSR count). The summed E-state index contributed by atoms with van der Waals surface area (Å²) in [6.45, 7) is 5.28. The zero-order chi connectivity index (χ0) is 20.1. The fourth-order valence-corrected chi connectivity index (χ4v) is 4.93. The molecule has 2 aliphatic heterocycles. The van der Waals surface area contributed by atoms with E-state index in [1.165, 1.54) is 11.1 Å². The van der Waals surface area contributed by atoms with E-state index in [0.29, 0.717) is 39.5 Å². The van der Waals surface area contributed by atoms with Gasteiger partial charge in [-0.25, -0.2) is 0 Å². The summed E-state index contributed by atoms with van der Waals surface area (Å²) in [5.41, 5.74) is 2.65. The number of fused-ring (bicyclic) bond motifs is 1. The lowest BCUT2D eigenvalue weighted by molar-refractivity contribution is -0.141. The summed E-state index contributed by atoms with van der Waals surface area (Å²) in [7, 11) is 0. The van der Waals surface area contributed by atoms with Crippen LogP contribution in [0.2, 0.25) is 0 Å². The largest absolute Gasteiger partial charge is 0.389 e. The zero-order valence-electron chi connectivity index (χ0n) is 17.3. The van der Waals surface area contributed by atoms with Crippen molar-refractivity contribution in [1.82, 2.24) is 9.80 Å². The highest BCUT2D eigenvalue weighted by Gasteiger charge is 2.31. The second-order valence-corrected chi connectivity index (χ2v) is 8.60. The second-order valence-electron chi connectivity index (χ2n) is 8.60. The smallest absolute Gasteiger partial charge is 0.227 e. The van der Waals surface area contributed by atoms with Gasteiger partial charge in [0.15, 0.2) is 0 Å². The summed E-state index contributed by atoms with van der Waals surface area (Å²) in [6, 6.07) is 8.48. The first-order chi connectivity index (χ1) is 14.2. The van der Waals surface area contributed by atoms with Crippen molar-refractivity contribution in [3.8, 4) is 0 Å². The average Bonchev–Trinajstić information content (AvgIpc) is 2.78. The molecule has 0 saturated carbocycles. The molecule has 3 aliphatic rings. The van der Waals surface area contributed by atoms with Gasteiger partial charge in [0.2, 0.25) is 5.91 Å². The number of likely N-dealkylation sites (tertiary alicyclic amines) is 1. The van der Waals surface area contributed by atoms with Crippen LogP contribution in [0, 0.1) is 5.92 Å². The number of benzene rings is 1. The molecule has 1 aromatic rings. The van der Waals surface area contributed by atoms with Gasteiger partial charge in [-0.2, -0.15) is 0 Å². The van der Waals surface area contributed by atoms with Gasteiger partial charge in [-0.15, -0.1) is 0 Å². The molecule has 1 aliphatic carbocycles. The Labute approximate surface area is 173 Å². The molecule has 3 atom stereocenters. The van der Waals surface area contributed by atoms with Gasteiger partial charge < -0.3 is 19.5 Å². The first kappa shape index (κ1) is 20.8. The standard InChI is InChI=1S/C23H34N2O4/c26-20(17-29-22-9-3-6-18-5-1-2-8-21(18)22)16-24-10-4-7-19(15-24)23(27)25-11-13-28-14-12-25/h1-2,5,8,19-20,22,26H,3-4,6-7,9-17H2. The van der Waals surface area contributed by atoms with Gasteiger partial charge >= 0.3 is 0 Å². The topological polar surface area (TPSA) is 62.2 Å². The average molecular weight is 403 g/mol. The monoisotopic (exact) mass is 402 g/mol. The quantitative estimate of drug-likeness (QED) is 0.789. The Morgan fingerprint density at radius 1 is 1.17 bits per heavy atom. The van der Waals surface area contributed by atoms with Crippen LogP contribution in [0.3, 0.4) is 0 Å². The number of rotatable bonds is 6. The minimum atomic E-state index is -0.527. The number of aliphatic hydroxyl groups excluding tert-OH is 1. The molecule has 0 spiro atoms. The van der Waals surface area contributed by atoms with E-state index in [9.17, 15) is 9.90 Å². The van der Waals surface area contributed by atoms with Crippen molar-refractivity contribution < 1.29 is 19.4 Å². The Hall–Kier alpha value is -1.47. The molecule has 0 bridgehead atoms. The molecule has 0 aromatic heterocycles. The Morgan fingerprint density at radius 2 is 2.00 bits per heavy atom. The molecule has 6 nitrogen and oxygen atoms in total. The Bertz CT molecular complexity index is 677. The normalized spacial score (nSPS) is 26.7. The number of hydrogen-bond donors (Lipinski definition) is 1. The molecule has 1 N–H and O–H groups in total. The molecule has 1 aromatic carbocycles. The predicted molar refractivity (Wildman–Crippen MR) is 111 cm³/mol. The zero-order valence-corrected chi connectivity index (χ0v) is 17.3. The summed E-state index contributed by atoms with van der Waals surface area (Å²) in [5, 5.41) is 10.6. The number of piperidine rings is 1. The number of β-amino-alcohol motifs (C(OH)–C–C–N with tert-alkyl or cyclic N) is 1. The first-order valence-corrected chi connectivity index (χ1v) is 11.2. The summed E-state index contributed by atoms with van der Waals surface area (Å²) in [4.78, 5) is 17.0. The number of morpholine rings is 1. The van der Waals surface area contributed by atoms with Crippen LogP contribution in [0.15, 0.2) is 24.3 Å². The van der Waals surface area contributed by atoms with E-state index in [4.69, 9.17) is 9.47 Å². The third kappa shape index (κ3) is 5.37. The van der Waals surface area contributed by atoms with Gasteiger partial charge in [-0.3, -0.25) is 9.69 Å². The first-order valence-electron chi connectivity index (χ1n) is 11.2. The van der Waals surface area contributed by atoms with E-state index < -0.39 is 6.10 Å². The lowest BCUT2D eigenvalue weighted by atomic mass is 9.89. The number of carbonyl (C=O) groups excluding carboxylic acids is 1. The number of carbonyl (C=O) groups is 1. The Balaban J connectivity index is 1.24. The van der Waals surface area contributed by atoms with Gasteiger partial charge in [0.05, 0.1) is 37.9 Å². The maximum atomic E-state index is 12.8. The number of amides is 1. The highest BCUT2D eigenvalue weighted by Crippen LogP contribution is 2.32. The van der Waals surface area contributed by atoms with Crippen molar-refractivity contribution in [1.29, 1.82) is 0 Å². The van der Waals surface area contributed by atoms with Crippen LogP contribution in [0.25, 0.3) is 0 Å². The lowest BCUT2D eigenvalue weighted by Crippen LogP contribution is -2.49. The fourth-order valence-electron chi connectivity index (χ4n) is 4.93. The summed E-state index contributed by atoms with van der Waals surface area (Å²) >= 11 is 0. The van der Waals surface area contributed by atoms with Crippen molar-refractivity contribution >= 4 is 5.91 Å². The Kier molecular flexibility index (Phi) is 7.19.